The molecule has 0 amide bonds. The number of phenols is 1. The largest absolute Gasteiger partial charge is 0.508 e. The molecular formula is C22H36O. The molecule has 1 aromatic carbocycles. The topological polar surface area (TPSA) is 20.2 Å². The molecule has 3 rings (SSSR count). The quantitative estimate of drug-likeness (QED) is 0.607. The van der Waals surface area contributed by atoms with Crippen LogP contribution in [0.1, 0.15) is 78.2 Å². The van der Waals surface area contributed by atoms with E-state index in [0.29, 0.717) is 11.2 Å². The highest BCUT2D eigenvalue weighted by atomic mass is 16.3. The molecule has 2 aliphatic rings. The van der Waals surface area contributed by atoms with E-state index in [1.54, 1.807) is 18.6 Å². The van der Waals surface area contributed by atoms with Gasteiger partial charge in [0.2, 0.25) is 0 Å². The summed E-state index contributed by atoms with van der Waals surface area (Å²) in [7, 11) is 0. The van der Waals surface area contributed by atoms with Crippen LogP contribution in [0, 0.1) is 23.2 Å². The average molecular weight is 317 g/mol. The summed E-state index contributed by atoms with van der Waals surface area (Å²) in [6.45, 7) is 9.40. The Morgan fingerprint density at radius 3 is 2.00 bits per heavy atom. The summed E-state index contributed by atoms with van der Waals surface area (Å²) in [6.07, 6.45) is 11.0. The summed E-state index contributed by atoms with van der Waals surface area (Å²) in [4.78, 5) is 0. The Kier molecular flexibility index (Phi) is 6.56. The molecule has 1 heteroatoms. The lowest BCUT2D eigenvalue weighted by Gasteiger charge is -2.27. The minimum absolute atomic E-state index is 0.359. The van der Waals surface area contributed by atoms with Crippen molar-refractivity contribution in [3.8, 4) is 5.75 Å². The highest BCUT2D eigenvalue weighted by Gasteiger charge is 2.48. The second kappa shape index (κ2) is 8.22. The van der Waals surface area contributed by atoms with Crippen LogP contribution in [0.3, 0.4) is 0 Å². The van der Waals surface area contributed by atoms with Crippen molar-refractivity contribution < 1.29 is 5.11 Å². The lowest BCUT2D eigenvalue weighted by atomic mass is 9.78. The van der Waals surface area contributed by atoms with Crippen LogP contribution in [-0.4, -0.2) is 5.11 Å². The van der Waals surface area contributed by atoms with Crippen LogP contribution < -0.4 is 0 Å². The lowest BCUT2D eigenvalue weighted by Crippen LogP contribution is -2.18. The highest BCUT2D eigenvalue weighted by Crippen LogP contribution is 2.58. The highest BCUT2D eigenvalue weighted by molar-refractivity contribution is 5.25. The molecule has 0 bridgehead atoms. The van der Waals surface area contributed by atoms with Gasteiger partial charge in [-0.15, -0.1) is 0 Å². The molecule has 23 heavy (non-hydrogen) atoms. The molecular weight excluding hydrogens is 280 g/mol. The first-order valence-electron chi connectivity index (χ1n) is 9.68. The van der Waals surface area contributed by atoms with E-state index in [9.17, 15) is 0 Å². The average Bonchev–Trinajstić information content (AvgIpc) is 3.11. The number of hydrogen-bond acceptors (Lipinski definition) is 1. The van der Waals surface area contributed by atoms with Gasteiger partial charge in [0.15, 0.2) is 0 Å². The molecule has 2 unspecified atom stereocenters. The molecule has 130 valence electrons. The van der Waals surface area contributed by atoms with Gasteiger partial charge in [-0.3, -0.25) is 0 Å². The van der Waals surface area contributed by atoms with Crippen molar-refractivity contribution >= 4 is 0 Å². The van der Waals surface area contributed by atoms with E-state index in [1.165, 1.54) is 44.1 Å². The van der Waals surface area contributed by atoms with Gasteiger partial charge in [-0.05, 0) is 73.0 Å². The Balaban J connectivity index is 0.000000172. The molecule has 2 fully saturated rings. The van der Waals surface area contributed by atoms with E-state index < -0.39 is 0 Å². The van der Waals surface area contributed by atoms with Gasteiger partial charge in [0.25, 0.3) is 0 Å². The molecule has 1 aromatic rings. The van der Waals surface area contributed by atoms with Crippen molar-refractivity contribution in [2.24, 2.45) is 23.2 Å². The van der Waals surface area contributed by atoms with Crippen LogP contribution >= 0.6 is 0 Å². The van der Waals surface area contributed by atoms with Crippen LogP contribution in [0.15, 0.2) is 24.3 Å². The zero-order valence-corrected chi connectivity index (χ0v) is 15.6. The first-order chi connectivity index (χ1) is 10.9. The van der Waals surface area contributed by atoms with Gasteiger partial charge in [-0.1, -0.05) is 59.1 Å². The Morgan fingerprint density at radius 2 is 1.52 bits per heavy atom. The second-order valence-electron chi connectivity index (χ2n) is 8.77. The van der Waals surface area contributed by atoms with Gasteiger partial charge in [0, 0.05) is 0 Å². The maximum Gasteiger partial charge on any atom is 0.115 e. The minimum Gasteiger partial charge on any atom is -0.508 e. The van der Waals surface area contributed by atoms with E-state index in [1.807, 2.05) is 12.1 Å². The molecule has 0 heterocycles. The molecule has 0 aliphatic heterocycles. The number of aryl methyl sites for hydroxylation is 1. The molecule has 2 saturated carbocycles. The zero-order chi connectivity index (χ0) is 16.9. The summed E-state index contributed by atoms with van der Waals surface area (Å²) in [5, 5.41) is 9.07. The standard InChI is InChI=1S/C12H18O.C10H18/c1-2-3-4-5-6-11-7-9-12(13)10-8-11;1-10(2,3)9-5-7-4-8(7)6-9/h7-10,13H,2-6H2,1H3;7-9H,4-6H2,1-3H3. The van der Waals surface area contributed by atoms with Gasteiger partial charge in [-0.25, -0.2) is 0 Å². The van der Waals surface area contributed by atoms with Gasteiger partial charge in [-0.2, -0.15) is 0 Å². The zero-order valence-electron chi connectivity index (χ0n) is 15.6. The number of rotatable bonds is 5. The van der Waals surface area contributed by atoms with Crippen molar-refractivity contribution in [3.63, 3.8) is 0 Å². The smallest absolute Gasteiger partial charge is 0.115 e. The molecule has 2 atom stereocenters. The number of phenolic OH excluding ortho intramolecular Hbond substituents is 1. The molecule has 0 radical (unpaired) electrons. The van der Waals surface area contributed by atoms with Crippen molar-refractivity contribution in [1.82, 2.24) is 0 Å². The molecule has 1 N–H and O–H groups in total. The molecule has 0 saturated heterocycles. The predicted molar refractivity (Wildman–Crippen MR) is 99.7 cm³/mol. The second-order valence-corrected chi connectivity index (χ2v) is 8.77. The number of aromatic hydroxyl groups is 1. The summed E-state index contributed by atoms with van der Waals surface area (Å²) in [5.41, 5.74) is 1.92. The predicted octanol–water partition coefficient (Wildman–Crippen LogP) is 6.59. The fraction of sp³-hybridized carbons (Fsp3) is 0.727. The molecule has 0 spiro atoms. The van der Waals surface area contributed by atoms with Crippen molar-refractivity contribution in [1.29, 1.82) is 0 Å². The van der Waals surface area contributed by atoms with Crippen LogP contribution in [-0.2, 0) is 6.42 Å². The summed E-state index contributed by atoms with van der Waals surface area (Å²) < 4.78 is 0. The third-order valence-electron chi connectivity index (χ3n) is 5.72. The SMILES string of the molecule is CC(C)(C)C1CC2CC2C1.CCCCCCc1ccc(O)cc1. The van der Waals surface area contributed by atoms with Crippen LogP contribution in [0.2, 0.25) is 0 Å². The van der Waals surface area contributed by atoms with E-state index >= 15 is 0 Å². The fourth-order valence-electron chi connectivity index (χ4n) is 3.84. The Hall–Kier alpha value is -0.980. The van der Waals surface area contributed by atoms with E-state index in [0.717, 1.165) is 24.2 Å². The van der Waals surface area contributed by atoms with Gasteiger partial charge in [0.05, 0.1) is 0 Å². The van der Waals surface area contributed by atoms with Crippen LogP contribution in [0.25, 0.3) is 0 Å². The summed E-state index contributed by atoms with van der Waals surface area (Å²) in [6, 6.07) is 7.52. The third-order valence-corrected chi connectivity index (χ3v) is 5.72. The van der Waals surface area contributed by atoms with E-state index in [4.69, 9.17) is 5.11 Å². The van der Waals surface area contributed by atoms with Gasteiger partial charge in [0.1, 0.15) is 5.75 Å². The Morgan fingerprint density at radius 1 is 0.913 bits per heavy atom. The van der Waals surface area contributed by atoms with Gasteiger partial charge < -0.3 is 5.11 Å². The lowest BCUT2D eigenvalue weighted by molar-refractivity contribution is 0.227. The molecule has 2 aliphatic carbocycles. The number of hydrogen-bond donors (Lipinski definition) is 1. The van der Waals surface area contributed by atoms with E-state index in [2.05, 4.69) is 27.7 Å². The monoisotopic (exact) mass is 316 g/mol. The summed E-state index contributed by atoms with van der Waals surface area (Å²) >= 11 is 0. The fourth-order valence-corrected chi connectivity index (χ4v) is 3.84. The van der Waals surface area contributed by atoms with Crippen LogP contribution in [0.4, 0.5) is 0 Å². The van der Waals surface area contributed by atoms with E-state index in [-0.39, 0.29) is 0 Å². The number of fused-ring (bicyclic) bond motifs is 1. The normalized spacial score (nSPS) is 25.5. The first kappa shape index (κ1) is 18.4. The number of benzene rings is 1. The third kappa shape index (κ3) is 6.20. The maximum absolute atomic E-state index is 9.07. The minimum atomic E-state index is 0.359. The summed E-state index contributed by atoms with van der Waals surface area (Å²) in [5.74, 6) is 3.71. The molecule has 1 nitrogen and oxygen atoms in total. The Bertz CT molecular complexity index is 444. The van der Waals surface area contributed by atoms with Crippen molar-refractivity contribution in [3.05, 3.63) is 29.8 Å². The van der Waals surface area contributed by atoms with Crippen LogP contribution in [0.5, 0.6) is 5.75 Å². The van der Waals surface area contributed by atoms with Crippen molar-refractivity contribution in [2.75, 3.05) is 0 Å². The maximum atomic E-state index is 9.07. The number of unbranched alkanes of at least 4 members (excludes halogenated alkanes) is 3. The van der Waals surface area contributed by atoms with Gasteiger partial charge >= 0.3 is 0 Å². The van der Waals surface area contributed by atoms with Crippen molar-refractivity contribution in [2.45, 2.75) is 79.1 Å². The Labute approximate surface area is 143 Å². The molecule has 0 aromatic heterocycles. The first-order valence-corrected chi connectivity index (χ1v) is 9.68.